The maximum Gasteiger partial charge on any atom is 0.146 e. The van der Waals surface area contributed by atoms with Crippen LogP contribution < -0.4 is 0 Å². The minimum atomic E-state index is -0.0421. The fourth-order valence-corrected chi connectivity index (χ4v) is 2.66. The number of rotatable bonds is 3. The van der Waals surface area contributed by atoms with Crippen molar-refractivity contribution in [1.82, 2.24) is 4.90 Å². The van der Waals surface area contributed by atoms with Crippen molar-refractivity contribution in [3.8, 4) is 0 Å². The van der Waals surface area contributed by atoms with Crippen LogP contribution in [0.15, 0.2) is 17.5 Å². The minimum absolute atomic E-state index is 0.0298. The highest BCUT2D eigenvalue weighted by atomic mass is 32.1. The molecular formula is C11H17NO2S. The van der Waals surface area contributed by atoms with E-state index in [1.807, 2.05) is 6.07 Å². The zero-order chi connectivity index (χ0) is 10.8. The van der Waals surface area contributed by atoms with E-state index in [-0.39, 0.29) is 18.9 Å². The van der Waals surface area contributed by atoms with Crippen molar-refractivity contribution >= 4 is 11.3 Å². The van der Waals surface area contributed by atoms with Crippen molar-refractivity contribution in [2.75, 3.05) is 13.2 Å². The highest BCUT2D eigenvalue weighted by Gasteiger charge is 2.35. The highest BCUT2D eigenvalue weighted by molar-refractivity contribution is 7.10. The summed E-state index contributed by atoms with van der Waals surface area (Å²) in [7, 11) is 0. The van der Waals surface area contributed by atoms with Gasteiger partial charge >= 0.3 is 0 Å². The second kappa shape index (κ2) is 4.61. The van der Waals surface area contributed by atoms with Crippen LogP contribution in [0.25, 0.3) is 0 Å². The molecule has 1 aromatic rings. The molecule has 0 aliphatic carbocycles. The number of hydrogen-bond donors (Lipinski definition) is 1. The highest BCUT2D eigenvalue weighted by Crippen LogP contribution is 2.34. The summed E-state index contributed by atoms with van der Waals surface area (Å²) in [6.07, 6.45) is -0.0124. The first kappa shape index (κ1) is 11.1. The number of aliphatic hydroxyl groups is 1. The Kier molecular flexibility index (Phi) is 3.41. The van der Waals surface area contributed by atoms with Gasteiger partial charge in [0, 0.05) is 17.5 Å². The van der Waals surface area contributed by atoms with Crippen molar-refractivity contribution in [3.63, 3.8) is 0 Å². The van der Waals surface area contributed by atoms with E-state index < -0.39 is 0 Å². The summed E-state index contributed by atoms with van der Waals surface area (Å²) in [5.41, 5.74) is 0. The fraction of sp³-hybridized carbons (Fsp3) is 0.636. The molecule has 1 fully saturated rings. The average Bonchev–Trinajstić information content (AvgIpc) is 2.86. The summed E-state index contributed by atoms with van der Waals surface area (Å²) in [6.45, 7) is 5.23. The molecule has 2 unspecified atom stereocenters. The molecule has 0 bridgehead atoms. The molecule has 1 saturated heterocycles. The number of thiophene rings is 1. The topological polar surface area (TPSA) is 32.7 Å². The van der Waals surface area contributed by atoms with Crippen LogP contribution in [0.4, 0.5) is 0 Å². The van der Waals surface area contributed by atoms with Crippen LogP contribution in [-0.4, -0.2) is 35.3 Å². The summed E-state index contributed by atoms with van der Waals surface area (Å²) < 4.78 is 5.82. The first-order chi connectivity index (χ1) is 7.22. The Bertz CT molecular complexity index is 300. The van der Waals surface area contributed by atoms with Gasteiger partial charge in [-0.3, -0.25) is 4.90 Å². The van der Waals surface area contributed by atoms with Crippen molar-refractivity contribution in [2.45, 2.75) is 32.2 Å². The predicted molar refractivity (Wildman–Crippen MR) is 60.9 cm³/mol. The molecule has 4 heteroatoms. The molecule has 1 N–H and O–H groups in total. The van der Waals surface area contributed by atoms with E-state index in [4.69, 9.17) is 9.84 Å². The van der Waals surface area contributed by atoms with Gasteiger partial charge in [0.05, 0.1) is 12.7 Å². The molecule has 2 rings (SSSR count). The molecule has 0 spiro atoms. The Balaban J connectivity index is 2.15. The lowest BCUT2D eigenvalue weighted by Gasteiger charge is -2.25. The van der Waals surface area contributed by atoms with Crippen LogP contribution in [-0.2, 0) is 4.74 Å². The monoisotopic (exact) mass is 227 g/mol. The molecule has 1 aromatic heterocycles. The van der Waals surface area contributed by atoms with Gasteiger partial charge in [-0.05, 0) is 25.3 Å². The Morgan fingerprint density at radius 3 is 3.00 bits per heavy atom. The molecule has 0 saturated carbocycles. The molecule has 0 radical (unpaired) electrons. The van der Waals surface area contributed by atoms with Gasteiger partial charge in [-0.25, -0.2) is 0 Å². The zero-order valence-electron chi connectivity index (χ0n) is 9.09. The van der Waals surface area contributed by atoms with Crippen LogP contribution in [0, 0.1) is 0 Å². The zero-order valence-corrected chi connectivity index (χ0v) is 9.91. The summed E-state index contributed by atoms with van der Waals surface area (Å²) in [5.74, 6) is 0. The lowest BCUT2D eigenvalue weighted by atomic mass is 10.2. The molecule has 1 aliphatic heterocycles. The standard InChI is InChI=1S/C11H17NO2S/c1-8(2)12-6-9(7-13)14-11(12)10-4-3-5-15-10/h3-5,8-9,11,13H,6-7H2,1-2H3. The third kappa shape index (κ3) is 2.23. The van der Waals surface area contributed by atoms with E-state index in [1.54, 1.807) is 11.3 Å². The van der Waals surface area contributed by atoms with Gasteiger partial charge in [-0.1, -0.05) is 6.07 Å². The van der Waals surface area contributed by atoms with Gasteiger partial charge in [0.2, 0.25) is 0 Å². The molecular weight excluding hydrogens is 210 g/mol. The fourth-order valence-electron chi connectivity index (χ4n) is 1.88. The van der Waals surface area contributed by atoms with Gasteiger partial charge in [0.15, 0.2) is 0 Å². The quantitative estimate of drug-likeness (QED) is 0.855. The molecule has 2 heterocycles. The van der Waals surface area contributed by atoms with Crippen molar-refractivity contribution in [1.29, 1.82) is 0 Å². The van der Waals surface area contributed by atoms with E-state index in [2.05, 4.69) is 30.2 Å². The van der Waals surface area contributed by atoms with Gasteiger partial charge in [-0.2, -0.15) is 0 Å². The van der Waals surface area contributed by atoms with Crippen LogP contribution >= 0.6 is 11.3 Å². The molecule has 1 aliphatic rings. The van der Waals surface area contributed by atoms with Crippen molar-refractivity contribution in [2.24, 2.45) is 0 Å². The lowest BCUT2D eigenvalue weighted by molar-refractivity contribution is -0.0245. The largest absolute Gasteiger partial charge is 0.394 e. The van der Waals surface area contributed by atoms with Crippen molar-refractivity contribution in [3.05, 3.63) is 22.4 Å². The van der Waals surface area contributed by atoms with Gasteiger partial charge < -0.3 is 9.84 Å². The smallest absolute Gasteiger partial charge is 0.146 e. The lowest BCUT2D eigenvalue weighted by Crippen LogP contribution is -2.31. The summed E-state index contributed by atoms with van der Waals surface area (Å²) in [6, 6.07) is 4.56. The molecule has 0 amide bonds. The average molecular weight is 227 g/mol. The minimum Gasteiger partial charge on any atom is -0.394 e. The van der Waals surface area contributed by atoms with Gasteiger partial charge in [0.25, 0.3) is 0 Å². The molecule has 84 valence electrons. The van der Waals surface area contributed by atoms with E-state index in [0.717, 1.165) is 6.54 Å². The Hall–Kier alpha value is -0.420. The maximum atomic E-state index is 9.13. The summed E-state index contributed by atoms with van der Waals surface area (Å²) in [4.78, 5) is 3.51. The third-order valence-electron chi connectivity index (χ3n) is 2.69. The maximum absolute atomic E-state index is 9.13. The number of hydrogen-bond acceptors (Lipinski definition) is 4. The SMILES string of the molecule is CC(C)N1CC(CO)OC1c1cccs1. The second-order valence-electron chi connectivity index (χ2n) is 4.10. The van der Waals surface area contributed by atoms with Crippen LogP contribution in [0.3, 0.4) is 0 Å². The third-order valence-corrected chi connectivity index (χ3v) is 3.59. The first-order valence-electron chi connectivity index (χ1n) is 5.28. The summed E-state index contributed by atoms with van der Waals surface area (Å²) in [5, 5.41) is 11.2. The number of aliphatic hydroxyl groups excluding tert-OH is 1. The Morgan fingerprint density at radius 1 is 1.67 bits per heavy atom. The number of ether oxygens (including phenoxy) is 1. The van der Waals surface area contributed by atoms with Crippen LogP contribution in [0.5, 0.6) is 0 Å². The first-order valence-corrected chi connectivity index (χ1v) is 6.15. The van der Waals surface area contributed by atoms with Crippen LogP contribution in [0.2, 0.25) is 0 Å². The van der Waals surface area contributed by atoms with E-state index in [1.165, 1.54) is 4.88 Å². The van der Waals surface area contributed by atoms with Gasteiger partial charge in [-0.15, -0.1) is 11.3 Å². The number of nitrogens with zero attached hydrogens (tertiary/aromatic N) is 1. The molecule has 0 aromatic carbocycles. The summed E-state index contributed by atoms with van der Waals surface area (Å²) >= 11 is 1.71. The van der Waals surface area contributed by atoms with Gasteiger partial charge in [0.1, 0.15) is 6.23 Å². The van der Waals surface area contributed by atoms with E-state index in [0.29, 0.717) is 6.04 Å². The normalized spacial score (nSPS) is 27.7. The molecule has 15 heavy (non-hydrogen) atoms. The Morgan fingerprint density at radius 2 is 2.47 bits per heavy atom. The molecule has 3 nitrogen and oxygen atoms in total. The molecule has 2 atom stereocenters. The van der Waals surface area contributed by atoms with Crippen LogP contribution in [0.1, 0.15) is 25.0 Å². The van der Waals surface area contributed by atoms with Crippen molar-refractivity contribution < 1.29 is 9.84 Å². The predicted octanol–water partition coefficient (Wildman–Crippen LogP) is 1.85. The second-order valence-corrected chi connectivity index (χ2v) is 5.08. The van der Waals surface area contributed by atoms with E-state index in [9.17, 15) is 0 Å². The van der Waals surface area contributed by atoms with E-state index >= 15 is 0 Å². The Labute approximate surface area is 94.3 Å².